The summed E-state index contributed by atoms with van der Waals surface area (Å²) in [5.74, 6) is 2.13. The van der Waals surface area contributed by atoms with Crippen LogP contribution in [0.2, 0.25) is 0 Å². The zero-order valence-electron chi connectivity index (χ0n) is 15.8. The molecular weight excluding hydrogens is 373 g/mol. The second kappa shape index (κ2) is 8.49. The number of guanidine groups is 1. The molecule has 0 fully saturated rings. The van der Waals surface area contributed by atoms with E-state index in [2.05, 4.69) is 25.7 Å². The predicted molar refractivity (Wildman–Crippen MR) is 98.3 cm³/mol. The Bertz CT molecular complexity index is 833. The van der Waals surface area contributed by atoms with E-state index in [1.54, 1.807) is 7.05 Å². The summed E-state index contributed by atoms with van der Waals surface area (Å²) in [4.78, 5) is 8.54. The van der Waals surface area contributed by atoms with E-state index in [0.717, 1.165) is 30.6 Å². The van der Waals surface area contributed by atoms with Crippen LogP contribution in [0.25, 0.3) is 0 Å². The number of aliphatic imine (C=N–C) groups is 1. The number of rotatable bonds is 5. The predicted octanol–water partition coefficient (Wildman–Crippen LogP) is 2.16. The monoisotopic (exact) mass is 396 g/mol. The average Bonchev–Trinajstić information content (AvgIpc) is 3.03. The zero-order chi connectivity index (χ0) is 20.1. The van der Waals surface area contributed by atoms with E-state index in [-0.39, 0.29) is 18.4 Å². The van der Waals surface area contributed by atoms with Gasteiger partial charge in [0.25, 0.3) is 0 Å². The van der Waals surface area contributed by atoms with Crippen LogP contribution in [0.15, 0.2) is 29.3 Å². The van der Waals surface area contributed by atoms with Crippen molar-refractivity contribution in [3.63, 3.8) is 0 Å². The molecular formula is C18H23F3N6O. The Kier molecular flexibility index (Phi) is 6.05. The van der Waals surface area contributed by atoms with Gasteiger partial charge in [-0.1, -0.05) is 12.1 Å². The first-order chi connectivity index (χ1) is 13.4. The fourth-order valence-electron chi connectivity index (χ4n) is 3.10. The Morgan fingerprint density at radius 2 is 2.14 bits per heavy atom. The van der Waals surface area contributed by atoms with Crippen LogP contribution in [-0.4, -0.2) is 47.0 Å². The first-order valence-corrected chi connectivity index (χ1v) is 9.03. The lowest BCUT2D eigenvalue weighted by molar-refractivity contribution is -0.138. The third-order valence-electron chi connectivity index (χ3n) is 4.37. The number of ether oxygens (including phenoxy) is 1. The Labute approximate surface area is 161 Å². The number of aryl methyl sites for hydroxylation is 2. The van der Waals surface area contributed by atoms with Gasteiger partial charge in [0, 0.05) is 19.5 Å². The molecule has 1 aliphatic rings. The molecule has 0 radical (unpaired) electrons. The van der Waals surface area contributed by atoms with Gasteiger partial charge in [0.05, 0.1) is 18.7 Å². The van der Waals surface area contributed by atoms with E-state index in [0.29, 0.717) is 19.0 Å². The number of aromatic nitrogens is 3. The summed E-state index contributed by atoms with van der Waals surface area (Å²) < 4.78 is 46.1. The molecule has 1 aromatic heterocycles. The molecule has 1 unspecified atom stereocenters. The smallest absolute Gasteiger partial charge is 0.419 e. The fourth-order valence-corrected chi connectivity index (χ4v) is 3.10. The summed E-state index contributed by atoms with van der Waals surface area (Å²) >= 11 is 0. The first-order valence-electron chi connectivity index (χ1n) is 9.03. The van der Waals surface area contributed by atoms with Crippen LogP contribution in [-0.2, 0) is 19.1 Å². The molecule has 2 N–H and O–H groups in total. The van der Waals surface area contributed by atoms with Crippen molar-refractivity contribution in [3.05, 3.63) is 41.5 Å². The van der Waals surface area contributed by atoms with Crippen LogP contribution in [0.3, 0.4) is 0 Å². The minimum atomic E-state index is -4.44. The molecule has 1 atom stereocenters. The van der Waals surface area contributed by atoms with Gasteiger partial charge in [-0.15, -0.1) is 0 Å². The third-order valence-corrected chi connectivity index (χ3v) is 4.37. The van der Waals surface area contributed by atoms with E-state index in [9.17, 15) is 13.2 Å². The summed E-state index contributed by atoms with van der Waals surface area (Å²) in [5, 5.41) is 10.7. The van der Waals surface area contributed by atoms with Gasteiger partial charge in [-0.25, -0.2) is 9.67 Å². The molecule has 0 bridgehead atoms. The molecule has 0 aliphatic carbocycles. The van der Waals surface area contributed by atoms with Crippen LogP contribution in [0.1, 0.15) is 23.6 Å². The van der Waals surface area contributed by atoms with Crippen LogP contribution >= 0.6 is 0 Å². The maximum absolute atomic E-state index is 13.0. The van der Waals surface area contributed by atoms with Gasteiger partial charge in [0.15, 0.2) is 5.96 Å². The number of fused-ring (bicyclic) bond motifs is 1. The molecule has 3 rings (SSSR count). The van der Waals surface area contributed by atoms with Crippen LogP contribution in [0.5, 0.6) is 5.75 Å². The second-order valence-electron chi connectivity index (χ2n) is 6.48. The van der Waals surface area contributed by atoms with Crippen LogP contribution in [0, 0.1) is 6.92 Å². The molecule has 0 amide bonds. The minimum Gasteiger partial charge on any atom is -0.491 e. The normalized spacial score (nSPS) is 17.2. The molecule has 10 heteroatoms. The molecule has 152 valence electrons. The Balaban J connectivity index is 1.47. The molecule has 0 saturated carbocycles. The highest BCUT2D eigenvalue weighted by atomic mass is 19.4. The maximum Gasteiger partial charge on any atom is 0.419 e. The zero-order valence-corrected chi connectivity index (χ0v) is 15.8. The largest absolute Gasteiger partial charge is 0.491 e. The second-order valence-corrected chi connectivity index (χ2v) is 6.48. The Morgan fingerprint density at radius 1 is 1.36 bits per heavy atom. The van der Waals surface area contributed by atoms with Crippen molar-refractivity contribution in [1.29, 1.82) is 0 Å². The highest BCUT2D eigenvalue weighted by molar-refractivity contribution is 5.79. The molecule has 0 spiro atoms. The first kappa shape index (κ1) is 20.0. The summed E-state index contributed by atoms with van der Waals surface area (Å²) in [6.07, 6.45) is -2.72. The van der Waals surface area contributed by atoms with Gasteiger partial charge in [0.2, 0.25) is 0 Å². The maximum atomic E-state index is 13.0. The highest BCUT2D eigenvalue weighted by Crippen LogP contribution is 2.35. The lowest BCUT2D eigenvalue weighted by Gasteiger charge is -2.25. The number of nitrogens with one attached hydrogen (secondary N) is 2. The topological polar surface area (TPSA) is 76.4 Å². The summed E-state index contributed by atoms with van der Waals surface area (Å²) in [6.45, 7) is 2.94. The number of halogens is 3. The lowest BCUT2D eigenvalue weighted by Crippen LogP contribution is -2.47. The van der Waals surface area contributed by atoms with E-state index in [1.165, 1.54) is 18.2 Å². The summed E-state index contributed by atoms with van der Waals surface area (Å²) in [7, 11) is 1.64. The van der Waals surface area contributed by atoms with Crippen molar-refractivity contribution >= 4 is 5.96 Å². The molecule has 28 heavy (non-hydrogen) atoms. The summed E-state index contributed by atoms with van der Waals surface area (Å²) in [6, 6.07) is 5.32. The molecule has 2 heterocycles. The number of hydrogen-bond donors (Lipinski definition) is 2. The third kappa shape index (κ3) is 4.93. The fraction of sp³-hybridized carbons (Fsp3) is 0.500. The Morgan fingerprint density at radius 3 is 2.89 bits per heavy atom. The number of para-hydroxylation sites is 1. The van der Waals surface area contributed by atoms with Crippen LogP contribution in [0.4, 0.5) is 13.2 Å². The van der Waals surface area contributed by atoms with Crippen molar-refractivity contribution in [3.8, 4) is 5.75 Å². The van der Waals surface area contributed by atoms with E-state index < -0.39 is 11.7 Å². The number of benzene rings is 1. The van der Waals surface area contributed by atoms with Crippen molar-refractivity contribution in [2.24, 2.45) is 4.99 Å². The molecule has 1 aliphatic heterocycles. The van der Waals surface area contributed by atoms with Crippen molar-refractivity contribution in [1.82, 2.24) is 25.4 Å². The van der Waals surface area contributed by atoms with Gasteiger partial charge >= 0.3 is 6.18 Å². The van der Waals surface area contributed by atoms with Gasteiger partial charge < -0.3 is 15.4 Å². The van der Waals surface area contributed by atoms with Gasteiger partial charge in [-0.3, -0.25) is 4.99 Å². The van der Waals surface area contributed by atoms with Crippen molar-refractivity contribution < 1.29 is 17.9 Å². The van der Waals surface area contributed by atoms with Gasteiger partial charge in [-0.2, -0.15) is 18.3 Å². The summed E-state index contributed by atoms with van der Waals surface area (Å²) in [5.41, 5.74) is -0.779. The quantitative estimate of drug-likeness (QED) is 0.460. The van der Waals surface area contributed by atoms with Gasteiger partial charge in [-0.05, 0) is 25.5 Å². The van der Waals surface area contributed by atoms with Crippen molar-refractivity contribution in [2.45, 2.75) is 38.5 Å². The lowest BCUT2D eigenvalue weighted by atomic mass is 10.1. The Hall–Kier alpha value is -2.78. The minimum absolute atomic E-state index is 0.0743. The number of nitrogens with zero attached hydrogens (tertiary/aromatic N) is 4. The van der Waals surface area contributed by atoms with Gasteiger partial charge in [0.1, 0.15) is 24.0 Å². The molecule has 1 aromatic carbocycles. The molecule has 2 aromatic rings. The van der Waals surface area contributed by atoms with E-state index in [4.69, 9.17) is 4.74 Å². The van der Waals surface area contributed by atoms with Crippen LogP contribution < -0.4 is 15.4 Å². The van der Waals surface area contributed by atoms with E-state index in [1.807, 2.05) is 11.6 Å². The number of hydrogen-bond acceptors (Lipinski definition) is 4. The molecule has 7 nitrogen and oxygen atoms in total. The average molecular weight is 396 g/mol. The van der Waals surface area contributed by atoms with E-state index >= 15 is 0 Å². The highest BCUT2D eigenvalue weighted by Gasteiger charge is 2.33. The SMILES string of the molecule is CN=C(NCCOc1ccccc1C(F)(F)F)NC1CCc2nc(C)nn2C1. The molecule has 0 saturated heterocycles. The number of alkyl halides is 3. The standard InChI is InChI=1S/C18H23F3N6O/c1-12-24-16-8-7-13(11-27(16)26-12)25-17(22-2)23-9-10-28-15-6-4-3-5-14(15)18(19,20)21/h3-6,13H,7-11H2,1-2H3,(H2,22,23,25). The van der Waals surface area contributed by atoms with Crippen molar-refractivity contribution in [2.75, 3.05) is 20.2 Å².